The van der Waals surface area contributed by atoms with Crippen molar-refractivity contribution >= 4 is 0 Å². The first-order valence-electron chi connectivity index (χ1n) is 4.92. The molecule has 1 aliphatic rings. The van der Waals surface area contributed by atoms with E-state index in [1.165, 1.54) is 6.33 Å². The summed E-state index contributed by atoms with van der Waals surface area (Å²) in [7, 11) is 0. The molecule has 0 bridgehead atoms. The average molecular weight is 187 g/mol. The lowest BCUT2D eigenvalue weighted by molar-refractivity contribution is 0.447. The third kappa shape index (κ3) is 2.54. The van der Waals surface area contributed by atoms with Crippen molar-refractivity contribution in [2.24, 2.45) is 5.92 Å². The molecule has 0 atom stereocenters. The Morgan fingerprint density at radius 3 is 2.64 bits per heavy atom. The van der Waals surface area contributed by atoms with Gasteiger partial charge in [0.05, 0.1) is 5.56 Å². The zero-order chi connectivity index (χ0) is 9.64. The number of piperidine rings is 1. The van der Waals surface area contributed by atoms with Crippen LogP contribution >= 0.6 is 0 Å². The van der Waals surface area contributed by atoms with Gasteiger partial charge in [0.15, 0.2) is 0 Å². The Hall–Kier alpha value is -1.40. The molecule has 1 aromatic rings. The molecule has 3 nitrogen and oxygen atoms in total. The Morgan fingerprint density at radius 2 is 1.93 bits per heavy atom. The number of aromatic nitrogens is 2. The van der Waals surface area contributed by atoms with Gasteiger partial charge in [-0.2, -0.15) is 0 Å². The maximum absolute atomic E-state index is 3.92. The summed E-state index contributed by atoms with van der Waals surface area (Å²) < 4.78 is 0. The van der Waals surface area contributed by atoms with Gasteiger partial charge in [0, 0.05) is 18.3 Å². The van der Waals surface area contributed by atoms with Gasteiger partial charge in [-0.05, 0) is 25.9 Å². The van der Waals surface area contributed by atoms with Crippen molar-refractivity contribution in [1.29, 1.82) is 0 Å². The molecule has 14 heavy (non-hydrogen) atoms. The first-order chi connectivity index (χ1) is 6.95. The summed E-state index contributed by atoms with van der Waals surface area (Å²) in [6.45, 7) is 2.18. The molecule has 3 heteroatoms. The second-order valence-corrected chi connectivity index (χ2v) is 3.42. The second-order valence-electron chi connectivity index (χ2n) is 3.42. The van der Waals surface area contributed by atoms with Gasteiger partial charge in [-0.1, -0.05) is 11.8 Å². The van der Waals surface area contributed by atoms with Crippen molar-refractivity contribution in [3.63, 3.8) is 0 Å². The fraction of sp³-hybridized carbons (Fsp3) is 0.455. The third-order valence-electron chi connectivity index (χ3n) is 2.32. The normalized spacial score (nSPS) is 17.1. The summed E-state index contributed by atoms with van der Waals surface area (Å²) in [5, 5.41) is 3.32. The summed E-state index contributed by atoms with van der Waals surface area (Å²) >= 11 is 0. The van der Waals surface area contributed by atoms with E-state index >= 15 is 0 Å². The first kappa shape index (κ1) is 9.17. The molecule has 0 aromatic carbocycles. The lowest BCUT2D eigenvalue weighted by atomic mass is 9.99. The molecular formula is C11H13N3. The Labute approximate surface area is 84.0 Å². The second kappa shape index (κ2) is 4.73. The number of nitrogens with one attached hydrogen (secondary N) is 1. The molecule has 0 aliphatic carbocycles. The van der Waals surface area contributed by atoms with Crippen LogP contribution in [0.2, 0.25) is 0 Å². The highest BCUT2D eigenvalue weighted by Gasteiger charge is 2.08. The van der Waals surface area contributed by atoms with Gasteiger partial charge in [0.1, 0.15) is 6.33 Å². The summed E-state index contributed by atoms with van der Waals surface area (Å²) in [6.07, 6.45) is 7.33. The number of hydrogen-bond acceptors (Lipinski definition) is 3. The van der Waals surface area contributed by atoms with E-state index in [1.807, 2.05) is 0 Å². The van der Waals surface area contributed by atoms with Crippen LogP contribution in [-0.4, -0.2) is 23.1 Å². The van der Waals surface area contributed by atoms with Crippen LogP contribution in [0.5, 0.6) is 0 Å². The van der Waals surface area contributed by atoms with Gasteiger partial charge >= 0.3 is 0 Å². The molecule has 1 saturated heterocycles. The lowest BCUT2D eigenvalue weighted by Crippen LogP contribution is -2.26. The molecule has 0 unspecified atom stereocenters. The van der Waals surface area contributed by atoms with E-state index in [4.69, 9.17) is 0 Å². The highest BCUT2D eigenvalue weighted by atomic mass is 14.9. The van der Waals surface area contributed by atoms with E-state index in [2.05, 4.69) is 27.1 Å². The zero-order valence-corrected chi connectivity index (χ0v) is 8.03. The fourth-order valence-corrected chi connectivity index (χ4v) is 1.52. The maximum Gasteiger partial charge on any atom is 0.115 e. The van der Waals surface area contributed by atoms with Crippen LogP contribution in [0.3, 0.4) is 0 Å². The van der Waals surface area contributed by atoms with E-state index in [-0.39, 0.29) is 0 Å². The Balaban J connectivity index is 1.99. The topological polar surface area (TPSA) is 37.8 Å². The molecule has 72 valence electrons. The smallest absolute Gasteiger partial charge is 0.115 e. The Bertz CT molecular complexity index is 331. The van der Waals surface area contributed by atoms with Gasteiger partial charge in [-0.15, -0.1) is 0 Å². The van der Waals surface area contributed by atoms with Gasteiger partial charge in [-0.25, -0.2) is 9.97 Å². The van der Waals surface area contributed by atoms with Crippen molar-refractivity contribution < 1.29 is 0 Å². The molecule has 0 amide bonds. The highest BCUT2D eigenvalue weighted by molar-refractivity contribution is 5.29. The van der Waals surface area contributed by atoms with E-state index in [0.717, 1.165) is 31.5 Å². The molecule has 1 N–H and O–H groups in total. The lowest BCUT2D eigenvalue weighted by Gasteiger charge is -2.17. The number of rotatable bonds is 0. The summed E-state index contributed by atoms with van der Waals surface area (Å²) in [5.74, 6) is 6.92. The molecule has 0 spiro atoms. The third-order valence-corrected chi connectivity index (χ3v) is 2.32. The van der Waals surface area contributed by atoms with Gasteiger partial charge in [0.2, 0.25) is 0 Å². The van der Waals surface area contributed by atoms with Crippen molar-refractivity contribution in [2.75, 3.05) is 13.1 Å². The maximum atomic E-state index is 3.92. The van der Waals surface area contributed by atoms with E-state index in [9.17, 15) is 0 Å². The van der Waals surface area contributed by atoms with Gasteiger partial charge < -0.3 is 5.32 Å². The molecule has 1 fully saturated rings. The highest BCUT2D eigenvalue weighted by Crippen LogP contribution is 2.09. The summed E-state index contributed by atoms with van der Waals surface area (Å²) in [5.41, 5.74) is 0.908. The minimum absolute atomic E-state index is 0.538. The van der Waals surface area contributed by atoms with Crippen LogP contribution in [0.4, 0.5) is 0 Å². The number of nitrogens with zero attached hydrogens (tertiary/aromatic N) is 2. The van der Waals surface area contributed by atoms with Crippen LogP contribution in [0, 0.1) is 17.8 Å². The van der Waals surface area contributed by atoms with E-state index in [0.29, 0.717) is 5.92 Å². The van der Waals surface area contributed by atoms with Crippen LogP contribution < -0.4 is 5.32 Å². The van der Waals surface area contributed by atoms with Crippen LogP contribution in [0.25, 0.3) is 0 Å². The van der Waals surface area contributed by atoms with Crippen LogP contribution in [0.15, 0.2) is 18.7 Å². The first-order valence-corrected chi connectivity index (χ1v) is 4.92. The van der Waals surface area contributed by atoms with E-state index in [1.54, 1.807) is 12.4 Å². The molecule has 0 radical (unpaired) electrons. The fourth-order valence-electron chi connectivity index (χ4n) is 1.52. The monoisotopic (exact) mass is 187 g/mol. The van der Waals surface area contributed by atoms with Gasteiger partial charge in [0.25, 0.3) is 0 Å². The molecule has 1 aromatic heterocycles. The Morgan fingerprint density at radius 1 is 1.21 bits per heavy atom. The molecule has 1 aliphatic heterocycles. The zero-order valence-electron chi connectivity index (χ0n) is 8.03. The average Bonchev–Trinajstić information content (AvgIpc) is 2.29. The predicted octanol–water partition coefficient (Wildman–Crippen LogP) is 0.828. The standard InChI is InChI=1S/C11H13N3/c1(10-3-5-12-6-4-10)2-11-7-13-9-14-8-11/h7-10,12H,3-6H2. The molecule has 0 saturated carbocycles. The molecular weight excluding hydrogens is 174 g/mol. The minimum Gasteiger partial charge on any atom is -0.317 e. The van der Waals surface area contributed by atoms with Crippen molar-refractivity contribution in [3.05, 3.63) is 24.3 Å². The molecule has 2 heterocycles. The summed E-state index contributed by atoms with van der Waals surface area (Å²) in [6, 6.07) is 0. The summed E-state index contributed by atoms with van der Waals surface area (Å²) in [4.78, 5) is 7.84. The predicted molar refractivity (Wildman–Crippen MR) is 54.5 cm³/mol. The van der Waals surface area contributed by atoms with Crippen molar-refractivity contribution in [3.8, 4) is 11.8 Å². The minimum atomic E-state index is 0.538. The SMILES string of the molecule is C(#CC1CCNCC1)c1cncnc1. The quantitative estimate of drug-likeness (QED) is 0.611. The van der Waals surface area contributed by atoms with Crippen molar-refractivity contribution in [1.82, 2.24) is 15.3 Å². The largest absolute Gasteiger partial charge is 0.317 e. The van der Waals surface area contributed by atoms with Crippen molar-refractivity contribution in [2.45, 2.75) is 12.8 Å². The van der Waals surface area contributed by atoms with Crippen LogP contribution in [0.1, 0.15) is 18.4 Å². The number of hydrogen-bond donors (Lipinski definition) is 1. The Kier molecular flexibility index (Phi) is 3.10. The molecule has 2 rings (SSSR count). The van der Waals surface area contributed by atoms with Gasteiger partial charge in [-0.3, -0.25) is 0 Å². The van der Waals surface area contributed by atoms with E-state index < -0.39 is 0 Å². The van der Waals surface area contributed by atoms with Crippen LogP contribution in [-0.2, 0) is 0 Å².